The van der Waals surface area contributed by atoms with Crippen molar-refractivity contribution in [1.82, 2.24) is 15.1 Å². The number of allylic oxidation sites excluding steroid dienone is 1. The van der Waals surface area contributed by atoms with E-state index in [1.807, 2.05) is 13.8 Å². The number of carboxylic acid groups (broad SMARTS) is 1. The summed E-state index contributed by atoms with van der Waals surface area (Å²) in [5.74, 6) is -1.40. The summed E-state index contributed by atoms with van der Waals surface area (Å²) >= 11 is 0. The van der Waals surface area contributed by atoms with Crippen LogP contribution in [-0.2, 0) is 22.5 Å². The molecule has 1 aromatic heterocycles. The zero-order valence-corrected chi connectivity index (χ0v) is 16.6. The van der Waals surface area contributed by atoms with Gasteiger partial charge in [-0.15, -0.1) is 0 Å². The molecule has 0 fully saturated rings. The van der Waals surface area contributed by atoms with Gasteiger partial charge in [0.25, 0.3) is 0 Å². The molecule has 0 bridgehead atoms. The fourth-order valence-corrected chi connectivity index (χ4v) is 2.81. The SMILES string of the molecule is CCOC(=O)c1c(CCCCCN/C(=C\C(C)=N)C(=O)O)c(C)nn1CC. The van der Waals surface area contributed by atoms with E-state index in [2.05, 4.69) is 10.4 Å². The van der Waals surface area contributed by atoms with Crippen molar-refractivity contribution in [1.29, 1.82) is 5.41 Å². The van der Waals surface area contributed by atoms with Crippen LogP contribution >= 0.6 is 0 Å². The van der Waals surface area contributed by atoms with Gasteiger partial charge in [0.15, 0.2) is 0 Å². The van der Waals surface area contributed by atoms with Gasteiger partial charge in [-0.2, -0.15) is 5.10 Å². The molecule has 3 N–H and O–H groups in total. The number of ether oxygens (including phenoxy) is 1. The normalized spacial score (nSPS) is 11.3. The average molecular weight is 378 g/mol. The lowest BCUT2D eigenvalue weighted by atomic mass is 10.0. The zero-order valence-electron chi connectivity index (χ0n) is 16.6. The molecule has 0 aromatic carbocycles. The van der Waals surface area contributed by atoms with Crippen LogP contribution < -0.4 is 5.32 Å². The fraction of sp³-hybridized carbons (Fsp3) is 0.579. The Balaban J connectivity index is 2.57. The van der Waals surface area contributed by atoms with Crippen molar-refractivity contribution in [3.8, 4) is 0 Å². The minimum Gasteiger partial charge on any atom is -0.477 e. The summed E-state index contributed by atoms with van der Waals surface area (Å²) in [5.41, 5.74) is 2.53. The molecule has 1 heterocycles. The van der Waals surface area contributed by atoms with Crippen LogP contribution in [0.5, 0.6) is 0 Å². The predicted octanol–water partition coefficient (Wildman–Crippen LogP) is 2.70. The number of rotatable bonds is 12. The molecule has 8 heteroatoms. The molecule has 150 valence electrons. The molecular formula is C19H30N4O4. The van der Waals surface area contributed by atoms with Gasteiger partial charge in [0.2, 0.25) is 0 Å². The first-order valence-electron chi connectivity index (χ1n) is 9.29. The highest BCUT2D eigenvalue weighted by Crippen LogP contribution is 2.18. The zero-order chi connectivity index (χ0) is 20.4. The van der Waals surface area contributed by atoms with E-state index < -0.39 is 5.97 Å². The van der Waals surface area contributed by atoms with E-state index >= 15 is 0 Å². The van der Waals surface area contributed by atoms with Crippen molar-refractivity contribution in [2.45, 2.75) is 59.9 Å². The number of carboxylic acids is 1. The summed E-state index contributed by atoms with van der Waals surface area (Å²) in [7, 11) is 0. The monoisotopic (exact) mass is 378 g/mol. The number of hydrogen-bond donors (Lipinski definition) is 3. The Labute approximate surface area is 160 Å². The number of aryl methyl sites for hydroxylation is 2. The van der Waals surface area contributed by atoms with Crippen LogP contribution in [0.1, 0.15) is 61.8 Å². The summed E-state index contributed by atoms with van der Waals surface area (Å²) in [4.78, 5) is 23.3. The van der Waals surface area contributed by atoms with E-state index in [1.54, 1.807) is 11.6 Å². The summed E-state index contributed by atoms with van der Waals surface area (Å²) in [6.07, 6.45) is 4.55. The van der Waals surface area contributed by atoms with Crippen LogP contribution in [0.15, 0.2) is 11.8 Å². The number of esters is 1. The lowest BCUT2D eigenvalue weighted by Crippen LogP contribution is -2.22. The Morgan fingerprint density at radius 3 is 2.56 bits per heavy atom. The smallest absolute Gasteiger partial charge is 0.356 e. The Morgan fingerprint density at radius 1 is 1.30 bits per heavy atom. The first-order valence-corrected chi connectivity index (χ1v) is 9.29. The maximum Gasteiger partial charge on any atom is 0.356 e. The van der Waals surface area contributed by atoms with Gasteiger partial charge in [-0.25, -0.2) is 9.59 Å². The van der Waals surface area contributed by atoms with Crippen LogP contribution in [0.2, 0.25) is 0 Å². The first kappa shape index (κ1) is 22.4. The van der Waals surface area contributed by atoms with Gasteiger partial charge in [0.1, 0.15) is 11.4 Å². The highest BCUT2D eigenvalue weighted by molar-refractivity contribution is 5.98. The largest absolute Gasteiger partial charge is 0.477 e. The first-order chi connectivity index (χ1) is 12.8. The number of carbonyl (C=O) groups excluding carboxylic acids is 1. The molecule has 0 aliphatic carbocycles. The van der Waals surface area contributed by atoms with Gasteiger partial charge >= 0.3 is 11.9 Å². The number of unbranched alkanes of at least 4 members (excludes halogenated alkanes) is 2. The predicted molar refractivity (Wildman–Crippen MR) is 103 cm³/mol. The fourth-order valence-electron chi connectivity index (χ4n) is 2.81. The van der Waals surface area contributed by atoms with Gasteiger partial charge in [-0.3, -0.25) is 4.68 Å². The Hall–Kier alpha value is -2.64. The molecule has 0 amide bonds. The van der Waals surface area contributed by atoms with E-state index in [0.717, 1.165) is 36.9 Å². The highest BCUT2D eigenvalue weighted by Gasteiger charge is 2.21. The minimum atomic E-state index is -1.07. The molecule has 1 aromatic rings. The molecule has 0 unspecified atom stereocenters. The maximum atomic E-state index is 12.2. The highest BCUT2D eigenvalue weighted by atomic mass is 16.5. The number of aromatic nitrogens is 2. The van der Waals surface area contributed by atoms with E-state index in [4.69, 9.17) is 15.3 Å². The molecule has 8 nitrogen and oxygen atoms in total. The summed E-state index contributed by atoms with van der Waals surface area (Å²) in [6.45, 7) is 8.60. The molecule has 0 atom stereocenters. The second kappa shape index (κ2) is 11.2. The molecule has 0 saturated carbocycles. The molecule has 0 aliphatic rings. The summed E-state index contributed by atoms with van der Waals surface area (Å²) in [5, 5.41) is 23.7. The van der Waals surface area contributed by atoms with Crippen molar-refractivity contribution >= 4 is 17.7 Å². The Morgan fingerprint density at radius 2 is 2.00 bits per heavy atom. The molecule has 0 spiro atoms. The quantitative estimate of drug-likeness (QED) is 0.223. The lowest BCUT2D eigenvalue weighted by molar-refractivity contribution is -0.133. The van der Waals surface area contributed by atoms with Gasteiger partial charge < -0.3 is 20.6 Å². The van der Waals surface area contributed by atoms with Crippen molar-refractivity contribution < 1.29 is 19.4 Å². The van der Waals surface area contributed by atoms with Crippen molar-refractivity contribution in [3.63, 3.8) is 0 Å². The van der Waals surface area contributed by atoms with Crippen LogP contribution in [-0.4, -0.2) is 45.7 Å². The van der Waals surface area contributed by atoms with Crippen LogP contribution in [0.3, 0.4) is 0 Å². The summed E-state index contributed by atoms with van der Waals surface area (Å²) < 4.78 is 6.85. The van der Waals surface area contributed by atoms with E-state index in [-0.39, 0.29) is 17.4 Å². The second-order valence-corrected chi connectivity index (χ2v) is 6.23. The maximum absolute atomic E-state index is 12.2. The van der Waals surface area contributed by atoms with Gasteiger partial charge in [-0.1, -0.05) is 6.42 Å². The summed E-state index contributed by atoms with van der Waals surface area (Å²) in [6, 6.07) is 0. The standard InChI is InChI=1S/C19H30N4O4/c1-5-23-17(19(26)27-6-2)15(14(4)22-23)10-8-7-9-11-21-16(18(24)25)12-13(3)20/h12,20-21H,5-11H2,1-4H3,(H,24,25)/b16-12-,20-13?. The molecular weight excluding hydrogens is 348 g/mol. The van der Waals surface area contributed by atoms with Gasteiger partial charge in [-0.05, 0) is 53.0 Å². The van der Waals surface area contributed by atoms with Gasteiger partial charge in [0.05, 0.1) is 12.3 Å². The number of nitrogens with zero attached hydrogens (tertiary/aromatic N) is 2. The average Bonchev–Trinajstić information content (AvgIpc) is 2.92. The van der Waals surface area contributed by atoms with Crippen molar-refractivity contribution in [2.75, 3.05) is 13.2 Å². The molecule has 0 radical (unpaired) electrons. The molecule has 27 heavy (non-hydrogen) atoms. The molecule has 0 aliphatic heterocycles. The van der Waals surface area contributed by atoms with E-state index in [0.29, 0.717) is 25.4 Å². The molecule has 0 saturated heterocycles. The van der Waals surface area contributed by atoms with Gasteiger partial charge in [0, 0.05) is 24.4 Å². The Kier molecular flexibility index (Phi) is 9.25. The number of nitrogens with one attached hydrogen (secondary N) is 2. The van der Waals surface area contributed by atoms with Crippen molar-refractivity contribution in [2.24, 2.45) is 0 Å². The van der Waals surface area contributed by atoms with Crippen LogP contribution in [0.25, 0.3) is 0 Å². The van der Waals surface area contributed by atoms with Crippen LogP contribution in [0.4, 0.5) is 0 Å². The lowest BCUT2D eigenvalue weighted by Gasteiger charge is -2.09. The van der Waals surface area contributed by atoms with E-state index in [1.165, 1.54) is 13.0 Å². The minimum absolute atomic E-state index is 0.0344. The number of aliphatic carboxylic acids is 1. The van der Waals surface area contributed by atoms with E-state index in [9.17, 15) is 9.59 Å². The number of carbonyl (C=O) groups is 2. The second-order valence-electron chi connectivity index (χ2n) is 6.23. The molecule has 1 rings (SSSR count). The van der Waals surface area contributed by atoms with Crippen LogP contribution in [0, 0.1) is 12.3 Å². The topological polar surface area (TPSA) is 117 Å². The third-order valence-corrected chi connectivity index (χ3v) is 4.03. The number of hydrogen-bond acceptors (Lipinski definition) is 6. The van der Waals surface area contributed by atoms with Crippen molar-refractivity contribution in [3.05, 3.63) is 28.7 Å². The Bertz CT molecular complexity index is 707. The third-order valence-electron chi connectivity index (χ3n) is 4.03. The third kappa shape index (κ3) is 6.88.